The molecule has 1 aromatic carbocycles. The summed E-state index contributed by atoms with van der Waals surface area (Å²) in [7, 11) is 0. The van der Waals surface area contributed by atoms with Crippen LogP contribution in [-0.2, 0) is 17.8 Å². The fourth-order valence-corrected chi connectivity index (χ4v) is 2.92. The average Bonchev–Trinajstić information content (AvgIpc) is 2.56. The van der Waals surface area contributed by atoms with Crippen molar-refractivity contribution in [3.63, 3.8) is 0 Å². The molecule has 0 aromatic heterocycles. The predicted molar refractivity (Wildman–Crippen MR) is 90.8 cm³/mol. The Morgan fingerprint density at radius 2 is 2.17 bits per heavy atom. The Kier molecular flexibility index (Phi) is 5.72. The number of nitrogens with two attached hydrogens (primary N) is 1. The Morgan fingerprint density at radius 1 is 1.39 bits per heavy atom. The molecule has 0 heterocycles. The van der Waals surface area contributed by atoms with Gasteiger partial charge in [-0.15, -0.1) is 0 Å². The van der Waals surface area contributed by atoms with Gasteiger partial charge in [0.05, 0.1) is 0 Å². The lowest BCUT2D eigenvalue weighted by molar-refractivity contribution is -0.147. The second-order valence-corrected chi connectivity index (χ2v) is 5.97. The Bertz CT molecular complexity index is 636. The SMILES string of the molecule is CCCCCc1c(CN)cccc1C1=CCC(F)(C(=O)O)C=C1. The van der Waals surface area contributed by atoms with E-state index in [0.717, 1.165) is 48.5 Å². The number of allylic oxidation sites excluding steroid dienone is 3. The smallest absolute Gasteiger partial charge is 0.345 e. The number of carbonyl (C=O) groups is 1. The molecule has 23 heavy (non-hydrogen) atoms. The van der Waals surface area contributed by atoms with E-state index in [1.54, 1.807) is 12.2 Å². The van der Waals surface area contributed by atoms with Gasteiger partial charge in [-0.05, 0) is 41.2 Å². The second-order valence-electron chi connectivity index (χ2n) is 5.97. The second kappa shape index (κ2) is 7.55. The van der Waals surface area contributed by atoms with Crippen LogP contribution < -0.4 is 5.73 Å². The van der Waals surface area contributed by atoms with E-state index >= 15 is 0 Å². The summed E-state index contributed by atoms with van der Waals surface area (Å²) in [4.78, 5) is 11.0. The first-order valence-electron chi connectivity index (χ1n) is 8.14. The molecule has 124 valence electrons. The van der Waals surface area contributed by atoms with Gasteiger partial charge in [0.25, 0.3) is 0 Å². The Hall–Kier alpha value is -1.94. The minimum atomic E-state index is -2.29. The maximum absolute atomic E-state index is 14.1. The lowest BCUT2D eigenvalue weighted by atomic mass is 9.86. The molecule has 0 aliphatic heterocycles. The summed E-state index contributed by atoms with van der Waals surface area (Å²) >= 11 is 0. The fraction of sp³-hybridized carbons (Fsp3) is 0.421. The molecule has 1 unspecified atom stereocenters. The molecule has 1 aliphatic rings. The van der Waals surface area contributed by atoms with Crippen LogP contribution in [0.2, 0.25) is 0 Å². The van der Waals surface area contributed by atoms with Crippen LogP contribution in [0, 0.1) is 0 Å². The number of benzene rings is 1. The van der Waals surface area contributed by atoms with Crippen molar-refractivity contribution in [1.29, 1.82) is 0 Å². The van der Waals surface area contributed by atoms with Crippen molar-refractivity contribution in [2.24, 2.45) is 5.73 Å². The average molecular weight is 317 g/mol. The molecular formula is C19H24FNO2. The summed E-state index contributed by atoms with van der Waals surface area (Å²) in [6.07, 6.45) is 8.57. The summed E-state index contributed by atoms with van der Waals surface area (Å²) in [5.41, 5.74) is 7.77. The van der Waals surface area contributed by atoms with E-state index in [4.69, 9.17) is 10.8 Å². The summed E-state index contributed by atoms with van der Waals surface area (Å²) < 4.78 is 14.1. The maximum atomic E-state index is 14.1. The van der Waals surface area contributed by atoms with Crippen molar-refractivity contribution in [2.45, 2.75) is 51.2 Å². The third-order valence-electron chi connectivity index (χ3n) is 4.34. The molecule has 0 fully saturated rings. The largest absolute Gasteiger partial charge is 0.479 e. The van der Waals surface area contributed by atoms with Crippen LogP contribution in [0.25, 0.3) is 5.57 Å². The molecule has 1 aromatic rings. The molecule has 0 saturated heterocycles. The van der Waals surface area contributed by atoms with Crippen LogP contribution in [0.1, 0.15) is 49.3 Å². The van der Waals surface area contributed by atoms with E-state index in [0.29, 0.717) is 6.54 Å². The highest BCUT2D eigenvalue weighted by Gasteiger charge is 2.36. The zero-order chi connectivity index (χ0) is 16.9. The van der Waals surface area contributed by atoms with Gasteiger partial charge >= 0.3 is 5.97 Å². The van der Waals surface area contributed by atoms with Gasteiger partial charge in [0.2, 0.25) is 5.67 Å². The monoisotopic (exact) mass is 317 g/mol. The number of aliphatic carboxylic acids is 1. The van der Waals surface area contributed by atoms with Crippen LogP contribution in [-0.4, -0.2) is 16.7 Å². The van der Waals surface area contributed by atoms with Gasteiger partial charge in [-0.2, -0.15) is 0 Å². The Labute approximate surface area is 136 Å². The number of rotatable bonds is 7. The predicted octanol–water partition coefficient (Wildman–Crippen LogP) is 4.01. The molecule has 0 saturated carbocycles. The van der Waals surface area contributed by atoms with Gasteiger partial charge in [-0.3, -0.25) is 0 Å². The highest BCUT2D eigenvalue weighted by atomic mass is 19.1. The number of halogens is 1. The molecule has 3 N–H and O–H groups in total. The molecular weight excluding hydrogens is 293 g/mol. The zero-order valence-corrected chi connectivity index (χ0v) is 13.5. The number of hydrogen-bond acceptors (Lipinski definition) is 2. The first kappa shape index (κ1) is 17.4. The summed E-state index contributed by atoms with van der Waals surface area (Å²) in [6.45, 7) is 2.63. The number of alkyl halides is 1. The third-order valence-corrected chi connectivity index (χ3v) is 4.34. The van der Waals surface area contributed by atoms with Crippen molar-refractivity contribution in [3.05, 3.63) is 53.1 Å². The highest BCUT2D eigenvalue weighted by molar-refractivity contribution is 5.86. The summed E-state index contributed by atoms with van der Waals surface area (Å²) in [5, 5.41) is 8.96. The standard InChI is InChI=1S/C19H24FNO2/c1-2-3-4-7-17-15(13-21)6-5-8-16(17)14-9-11-19(20,12-10-14)18(22)23/h5-6,8-11H,2-4,7,12-13,21H2,1H3,(H,22,23). The Morgan fingerprint density at radius 3 is 2.74 bits per heavy atom. The molecule has 0 spiro atoms. The summed E-state index contributed by atoms with van der Waals surface area (Å²) in [6, 6.07) is 5.97. The molecule has 1 aliphatic carbocycles. The van der Waals surface area contributed by atoms with E-state index in [9.17, 15) is 9.18 Å². The van der Waals surface area contributed by atoms with Crippen LogP contribution >= 0.6 is 0 Å². The van der Waals surface area contributed by atoms with E-state index in [2.05, 4.69) is 6.92 Å². The van der Waals surface area contributed by atoms with Gasteiger partial charge < -0.3 is 10.8 Å². The van der Waals surface area contributed by atoms with E-state index < -0.39 is 11.6 Å². The number of unbranched alkanes of at least 4 members (excludes halogenated alkanes) is 2. The molecule has 1 atom stereocenters. The molecule has 2 rings (SSSR count). The van der Waals surface area contributed by atoms with Gasteiger partial charge in [0, 0.05) is 13.0 Å². The molecule has 0 bridgehead atoms. The van der Waals surface area contributed by atoms with Crippen molar-refractivity contribution < 1.29 is 14.3 Å². The van der Waals surface area contributed by atoms with Crippen molar-refractivity contribution in [1.82, 2.24) is 0 Å². The van der Waals surface area contributed by atoms with Crippen LogP contribution in [0.15, 0.2) is 36.4 Å². The van der Waals surface area contributed by atoms with E-state index in [1.165, 1.54) is 5.56 Å². The quantitative estimate of drug-likeness (QED) is 0.747. The van der Waals surface area contributed by atoms with E-state index in [-0.39, 0.29) is 6.42 Å². The highest BCUT2D eigenvalue weighted by Crippen LogP contribution is 2.32. The number of hydrogen-bond donors (Lipinski definition) is 2. The van der Waals surface area contributed by atoms with Crippen LogP contribution in [0.4, 0.5) is 4.39 Å². The van der Waals surface area contributed by atoms with Crippen LogP contribution in [0.3, 0.4) is 0 Å². The van der Waals surface area contributed by atoms with E-state index in [1.807, 2.05) is 18.2 Å². The number of carboxylic acid groups (broad SMARTS) is 1. The van der Waals surface area contributed by atoms with Gasteiger partial charge in [0.1, 0.15) is 0 Å². The fourth-order valence-electron chi connectivity index (χ4n) is 2.92. The van der Waals surface area contributed by atoms with Gasteiger partial charge in [-0.25, -0.2) is 9.18 Å². The lowest BCUT2D eigenvalue weighted by Crippen LogP contribution is -2.31. The molecule has 4 heteroatoms. The minimum Gasteiger partial charge on any atom is -0.479 e. The lowest BCUT2D eigenvalue weighted by Gasteiger charge is -2.21. The maximum Gasteiger partial charge on any atom is 0.345 e. The third kappa shape index (κ3) is 3.88. The first-order valence-corrected chi connectivity index (χ1v) is 8.14. The first-order chi connectivity index (χ1) is 11.0. The van der Waals surface area contributed by atoms with Crippen molar-refractivity contribution >= 4 is 11.5 Å². The molecule has 0 amide bonds. The molecule has 3 nitrogen and oxygen atoms in total. The topological polar surface area (TPSA) is 63.3 Å². The minimum absolute atomic E-state index is 0.143. The summed E-state index contributed by atoms with van der Waals surface area (Å²) in [5.74, 6) is -1.44. The van der Waals surface area contributed by atoms with Crippen molar-refractivity contribution in [3.8, 4) is 0 Å². The Balaban J connectivity index is 2.31. The normalized spacial score (nSPS) is 20.4. The molecule has 0 radical (unpaired) electrons. The van der Waals surface area contributed by atoms with Crippen molar-refractivity contribution in [2.75, 3.05) is 0 Å². The van der Waals surface area contributed by atoms with Crippen LogP contribution in [0.5, 0.6) is 0 Å². The van der Waals surface area contributed by atoms with Gasteiger partial charge in [-0.1, -0.05) is 50.1 Å². The zero-order valence-electron chi connectivity index (χ0n) is 13.5. The van der Waals surface area contributed by atoms with Gasteiger partial charge in [0.15, 0.2) is 0 Å². The number of carboxylic acids is 1.